The molecule has 1 aromatic rings. The van der Waals surface area contributed by atoms with Gasteiger partial charge in [0.2, 0.25) is 0 Å². The molecule has 0 amide bonds. The highest BCUT2D eigenvalue weighted by Gasteiger charge is 2.07. The molecule has 0 spiro atoms. The third-order valence-corrected chi connectivity index (χ3v) is 5.04. The van der Waals surface area contributed by atoms with E-state index in [1.165, 1.54) is 34.6 Å². The molecule has 1 unspecified atom stereocenters. The molecule has 0 N–H and O–H groups in total. The summed E-state index contributed by atoms with van der Waals surface area (Å²) < 4.78 is 0. The summed E-state index contributed by atoms with van der Waals surface area (Å²) in [4.78, 5) is 1.44. The molecule has 16 heavy (non-hydrogen) atoms. The molecule has 0 saturated carbocycles. The molecule has 2 heteroatoms. The SMILES string of the molecule is CCCC(CBr)CSc1ccc(C)cc1C. The summed E-state index contributed by atoms with van der Waals surface area (Å²) in [5.74, 6) is 2.03. The Morgan fingerprint density at radius 3 is 2.62 bits per heavy atom. The largest absolute Gasteiger partial charge is 0.126 e. The topological polar surface area (TPSA) is 0 Å². The molecule has 0 radical (unpaired) electrons. The van der Waals surface area contributed by atoms with Crippen LogP contribution in [0.3, 0.4) is 0 Å². The first kappa shape index (κ1) is 14.1. The minimum atomic E-state index is 0.802. The maximum absolute atomic E-state index is 3.61. The fourth-order valence-corrected chi connectivity index (χ4v) is 3.79. The molecule has 0 saturated heterocycles. The van der Waals surface area contributed by atoms with E-state index in [1.54, 1.807) is 0 Å². The van der Waals surface area contributed by atoms with Crippen LogP contribution < -0.4 is 0 Å². The molecule has 0 aliphatic heterocycles. The lowest BCUT2D eigenvalue weighted by atomic mass is 10.1. The van der Waals surface area contributed by atoms with E-state index in [-0.39, 0.29) is 0 Å². The maximum Gasteiger partial charge on any atom is 0.0101 e. The molecule has 0 fully saturated rings. The van der Waals surface area contributed by atoms with Crippen LogP contribution in [-0.4, -0.2) is 11.1 Å². The van der Waals surface area contributed by atoms with Gasteiger partial charge in [-0.2, -0.15) is 0 Å². The molecule has 1 atom stereocenters. The molecule has 0 aromatic heterocycles. The zero-order valence-corrected chi connectivity index (χ0v) is 12.8. The van der Waals surface area contributed by atoms with Crippen LogP contribution in [0.2, 0.25) is 0 Å². The standard InChI is InChI=1S/C14H21BrS/c1-4-5-13(9-15)10-16-14-7-6-11(2)8-12(14)3/h6-8,13H,4-5,9-10H2,1-3H3. The van der Waals surface area contributed by atoms with Gasteiger partial charge in [0.15, 0.2) is 0 Å². The van der Waals surface area contributed by atoms with Gasteiger partial charge in [0, 0.05) is 16.0 Å². The van der Waals surface area contributed by atoms with E-state index >= 15 is 0 Å². The van der Waals surface area contributed by atoms with Gasteiger partial charge in [-0.05, 0) is 37.8 Å². The third kappa shape index (κ3) is 4.50. The number of rotatable bonds is 6. The van der Waals surface area contributed by atoms with Crippen molar-refractivity contribution >= 4 is 27.7 Å². The Hall–Kier alpha value is 0.0500. The molecule has 0 aliphatic rings. The minimum absolute atomic E-state index is 0.802. The Labute approximate surface area is 112 Å². The molecule has 0 heterocycles. The quantitative estimate of drug-likeness (QED) is 0.513. The Bertz CT molecular complexity index is 323. The van der Waals surface area contributed by atoms with Crippen LogP contribution >= 0.6 is 27.7 Å². The lowest BCUT2D eigenvalue weighted by Gasteiger charge is -2.13. The Balaban J connectivity index is 2.53. The predicted molar refractivity (Wildman–Crippen MR) is 78.8 cm³/mol. The summed E-state index contributed by atoms with van der Waals surface area (Å²) in [6.45, 7) is 6.62. The van der Waals surface area contributed by atoms with E-state index in [9.17, 15) is 0 Å². The summed E-state index contributed by atoms with van der Waals surface area (Å²) in [6.07, 6.45) is 2.60. The van der Waals surface area contributed by atoms with Gasteiger partial charge in [-0.25, -0.2) is 0 Å². The third-order valence-electron chi connectivity index (χ3n) is 2.72. The number of hydrogen-bond acceptors (Lipinski definition) is 1. The summed E-state index contributed by atoms with van der Waals surface area (Å²) in [7, 11) is 0. The van der Waals surface area contributed by atoms with Crippen molar-refractivity contribution in [3.05, 3.63) is 29.3 Å². The molecule has 0 aliphatic carbocycles. The fraction of sp³-hybridized carbons (Fsp3) is 0.571. The predicted octanol–water partition coefficient (Wildman–Crippen LogP) is 5.21. The van der Waals surface area contributed by atoms with Crippen molar-refractivity contribution < 1.29 is 0 Å². The lowest BCUT2D eigenvalue weighted by molar-refractivity contribution is 0.597. The Kier molecular flexibility index (Phi) is 6.52. The summed E-state index contributed by atoms with van der Waals surface area (Å²) in [5.41, 5.74) is 2.77. The number of alkyl halides is 1. The molecular formula is C14H21BrS. The average Bonchev–Trinajstić information content (AvgIpc) is 2.26. The van der Waals surface area contributed by atoms with Crippen LogP contribution in [0.1, 0.15) is 30.9 Å². The molecule has 0 nitrogen and oxygen atoms in total. The first-order valence-corrected chi connectivity index (χ1v) is 8.04. The van der Waals surface area contributed by atoms with E-state index in [4.69, 9.17) is 0 Å². The van der Waals surface area contributed by atoms with Gasteiger partial charge in [-0.1, -0.05) is 47.0 Å². The second kappa shape index (κ2) is 7.39. The maximum atomic E-state index is 3.61. The van der Waals surface area contributed by atoms with Crippen LogP contribution in [0.25, 0.3) is 0 Å². The van der Waals surface area contributed by atoms with Gasteiger partial charge in [0.05, 0.1) is 0 Å². The Morgan fingerprint density at radius 1 is 1.31 bits per heavy atom. The lowest BCUT2D eigenvalue weighted by Crippen LogP contribution is -2.04. The van der Waals surface area contributed by atoms with Crippen LogP contribution in [0.15, 0.2) is 23.1 Å². The summed E-state index contributed by atoms with van der Waals surface area (Å²) >= 11 is 5.61. The number of thioether (sulfide) groups is 1. The molecule has 1 aromatic carbocycles. The second-order valence-electron chi connectivity index (χ2n) is 4.39. The van der Waals surface area contributed by atoms with Crippen molar-refractivity contribution in [2.45, 2.75) is 38.5 Å². The highest BCUT2D eigenvalue weighted by atomic mass is 79.9. The van der Waals surface area contributed by atoms with E-state index in [2.05, 4.69) is 54.9 Å². The molecular weight excluding hydrogens is 280 g/mol. The summed E-state index contributed by atoms with van der Waals surface area (Å²) in [6, 6.07) is 6.73. The van der Waals surface area contributed by atoms with Crippen molar-refractivity contribution in [3.63, 3.8) is 0 Å². The normalized spacial score (nSPS) is 12.8. The van der Waals surface area contributed by atoms with E-state index in [0.717, 1.165) is 11.2 Å². The fourth-order valence-electron chi connectivity index (χ4n) is 1.78. The van der Waals surface area contributed by atoms with Crippen LogP contribution in [-0.2, 0) is 0 Å². The van der Waals surface area contributed by atoms with Gasteiger partial charge in [-0.3, -0.25) is 0 Å². The monoisotopic (exact) mass is 300 g/mol. The highest BCUT2D eigenvalue weighted by Crippen LogP contribution is 2.27. The first-order valence-electron chi connectivity index (χ1n) is 5.93. The molecule has 1 rings (SSSR count). The minimum Gasteiger partial charge on any atom is -0.126 e. The van der Waals surface area contributed by atoms with Crippen LogP contribution in [0, 0.1) is 19.8 Å². The van der Waals surface area contributed by atoms with E-state index in [0.29, 0.717) is 0 Å². The van der Waals surface area contributed by atoms with Crippen molar-refractivity contribution in [2.75, 3.05) is 11.1 Å². The van der Waals surface area contributed by atoms with Crippen LogP contribution in [0.5, 0.6) is 0 Å². The van der Waals surface area contributed by atoms with Gasteiger partial charge in [0.1, 0.15) is 0 Å². The number of aryl methyl sites for hydroxylation is 2. The summed E-state index contributed by atoms with van der Waals surface area (Å²) in [5, 5.41) is 1.12. The zero-order valence-electron chi connectivity index (χ0n) is 10.4. The second-order valence-corrected chi connectivity index (χ2v) is 6.10. The smallest absolute Gasteiger partial charge is 0.0101 e. The van der Waals surface area contributed by atoms with E-state index in [1.807, 2.05) is 11.8 Å². The van der Waals surface area contributed by atoms with Gasteiger partial charge in [-0.15, -0.1) is 11.8 Å². The van der Waals surface area contributed by atoms with Crippen LogP contribution in [0.4, 0.5) is 0 Å². The number of halogens is 1. The zero-order chi connectivity index (χ0) is 12.0. The van der Waals surface area contributed by atoms with Gasteiger partial charge in [0.25, 0.3) is 0 Å². The first-order chi connectivity index (χ1) is 7.67. The van der Waals surface area contributed by atoms with Gasteiger partial charge >= 0.3 is 0 Å². The van der Waals surface area contributed by atoms with Crippen molar-refractivity contribution in [2.24, 2.45) is 5.92 Å². The molecule has 0 bridgehead atoms. The highest BCUT2D eigenvalue weighted by molar-refractivity contribution is 9.09. The van der Waals surface area contributed by atoms with Crippen molar-refractivity contribution in [1.82, 2.24) is 0 Å². The Morgan fingerprint density at radius 2 is 2.06 bits per heavy atom. The average molecular weight is 301 g/mol. The molecule has 90 valence electrons. The number of benzene rings is 1. The van der Waals surface area contributed by atoms with E-state index < -0.39 is 0 Å². The van der Waals surface area contributed by atoms with Crippen molar-refractivity contribution in [3.8, 4) is 0 Å². The van der Waals surface area contributed by atoms with Gasteiger partial charge < -0.3 is 0 Å². The number of hydrogen-bond donors (Lipinski definition) is 0. The van der Waals surface area contributed by atoms with Crippen molar-refractivity contribution in [1.29, 1.82) is 0 Å².